The molecule has 1 N–H and O–H groups in total. The average molecular weight is 422 g/mol. The number of halogens is 2. The summed E-state index contributed by atoms with van der Waals surface area (Å²) in [6.45, 7) is 4.74. The maximum Gasteiger partial charge on any atom is 0.250 e. The fourth-order valence-electron chi connectivity index (χ4n) is 3.15. The minimum Gasteiger partial charge on any atom is -0.378 e. The Bertz CT molecular complexity index is 852. The third-order valence-electron chi connectivity index (χ3n) is 4.64. The topological polar surface area (TPSA) is 78.8 Å². The van der Waals surface area contributed by atoms with Crippen LogP contribution in [-0.2, 0) is 4.74 Å². The fraction of sp³-hybridized carbons (Fsp3) is 0.444. The molecule has 0 amide bonds. The second kappa shape index (κ2) is 8.89. The van der Waals surface area contributed by atoms with Crippen molar-refractivity contribution in [3.8, 4) is 0 Å². The van der Waals surface area contributed by atoms with Crippen molar-refractivity contribution in [2.24, 2.45) is 5.10 Å². The number of hydrogen-bond donors (Lipinski definition) is 1. The van der Waals surface area contributed by atoms with Crippen LogP contribution in [0.25, 0.3) is 0 Å². The lowest BCUT2D eigenvalue weighted by Crippen LogP contribution is -2.38. The molecule has 0 saturated carbocycles. The molecule has 1 aromatic carbocycles. The maximum atomic E-state index is 6.20. The number of nitrogens with one attached hydrogen (secondary N) is 1. The van der Waals surface area contributed by atoms with Crippen LogP contribution in [0.15, 0.2) is 23.3 Å². The molecule has 0 radical (unpaired) electrons. The van der Waals surface area contributed by atoms with Gasteiger partial charge in [0.15, 0.2) is 0 Å². The first kappa shape index (κ1) is 19.2. The van der Waals surface area contributed by atoms with Crippen LogP contribution in [0.2, 0.25) is 10.0 Å². The van der Waals surface area contributed by atoms with Crippen LogP contribution in [0.4, 0.5) is 17.8 Å². The third kappa shape index (κ3) is 4.45. The molecule has 1 aromatic heterocycles. The number of morpholine rings is 1. The smallest absolute Gasteiger partial charge is 0.250 e. The fourth-order valence-corrected chi connectivity index (χ4v) is 3.50. The van der Waals surface area contributed by atoms with E-state index in [1.54, 1.807) is 12.3 Å². The minimum atomic E-state index is 0.396. The highest BCUT2D eigenvalue weighted by Gasteiger charge is 2.21. The van der Waals surface area contributed by atoms with Crippen molar-refractivity contribution in [1.82, 2.24) is 15.0 Å². The van der Waals surface area contributed by atoms with Gasteiger partial charge in [0.2, 0.25) is 17.8 Å². The van der Waals surface area contributed by atoms with Gasteiger partial charge >= 0.3 is 0 Å². The Morgan fingerprint density at radius 2 is 1.64 bits per heavy atom. The van der Waals surface area contributed by atoms with E-state index < -0.39 is 0 Å². The maximum absolute atomic E-state index is 6.20. The van der Waals surface area contributed by atoms with Gasteiger partial charge in [0, 0.05) is 31.7 Å². The Kier molecular flexibility index (Phi) is 6.09. The van der Waals surface area contributed by atoms with Gasteiger partial charge in [-0.15, -0.1) is 0 Å². The van der Waals surface area contributed by atoms with Crippen molar-refractivity contribution in [2.45, 2.75) is 12.8 Å². The van der Waals surface area contributed by atoms with E-state index in [9.17, 15) is 0 Å². The zero-order valence-electron chi connectivity index (χ0n) is 15.3. The van der Waals surface area contributed by atoms with Gasteiger partial charge in [0.25, 0.3) is 0 Å². The molecule has 0 bridgehead atoms. The molecule has 0 unspecified atom stereocenters. The Morgan fingerprint density at radius 3 is 2.36 bits per heavy atom. The van der Waals surface area contributed by atoms with E-state index in [1.165, 1.54) is 0 Å². The molecule has 3 heterocycles. The summed E-state index contributed by atoms with van der Waals surface area (Å²) in [6.07, 6.45) is 3.89. The van der Waals surface area contributed by atoms with Gasteiger partial charge in [-0.05, 0) is 18.9 Å². The second-order valence-electron chi connectivity index (χ2n) is 6.57. The van der Waals surface area contributed by atoms with Gasteiger partial charge in [-0.25, -0.2) is 5.43 Å². The van der Waals surface area contributed by atoms with E-state index in [-0.39, 0.29) is 0 Å². The normalized spacial score (nSPS) is 17.5. The van der Waals surface area contributed by atoms with Gasteiger partial charge in [0.05, 0.1) is 29.5 Å². The molecule has 2 saturated heterocycles. The van der Waals surface area contributed by atoms with Crippen LogP contribution in [0.1, 0.15) is 18.4 Å². The molecule has 10 heteroatoms. The van der Waals surface area contributed by atoms with Crippen LogP contribution in [0, 0.1) is 0 Å². The predicted molar refractivity (Wildman–Crippen MR) is 112 cm³/mol. The SMILES string of the molecule is Clc1cccc(/C=N\Nc2nc(N3CCCC3)nc(N3CCOCC3)n2)c1Cl. The Hall–Kier alpha value is -2.16. The molecular weight excluding hydrogens is 401 g/mol. The highest BCUT2D eigenvalue weighted by atomic mass is 35.5. The number of benzene rings is 1. The molecule has 28 heavy (non-hydrogen) atoms. The number of anilines is 3. The van der Waals surface area contributed by atoms with Crippen molar-refractivity contribution in [3.63, 3.8) is 0 Å². The van der Waals surface area contributed by atoms with E-state index in [0.717, 1.165) is 39.0 Å². The molecule has 148 valence electrons. The lowest BCUT2D eigenvalue weighted by Gasteiger charge is -2.27. The molecule has 2 aliphatic rings. The van der Waals surface area contributed by atoms with Crippen molar-refractivity contribution in [3.05, 3.63) is 33.8 Å². The van der Waals surface area contributed by atoms with E-state index in [2.05, 4.69) is 35.3 Å². The lowest BCUT2D eigenvalue weighted by atomic mass is 10.2. The number of hydrogen-bond acceptors (Lipinski definition) is 8. The summed E-state index contributed by atoms with van der Waals surface area (Å²) in [4.78, 5) is 18.0. The number of aromatic nitrogens is 3. The summed E-state index contributed by atoms with van der Waals surface area (Å²) in [5, 5.41) is 5.17. The zero-order valence-corrected chi connectivity index (χ0v) is 16.8. The van der Waals surface area contributed by atoms with Gasteiger partial charge < -0.3 is 14.5 Å². The van der Waals surface area contributed by atoms with E-state index in [0.29, 0.717) is 46.7 Å². The number of nitrogens with zero attached hydrogens (tertiary/aromatic N) is 6. The minimum absolute atomic E-state index is 0.396. The first-order valence-corrected chi connectivity index (χ1v) is 10.0. The van der Waals surface area contributed by atoms with Gasteiger partial charge in [-0.2, -0.15) is 20.1 Å². The average Bonchev–Trinajstić information content (AvgIpc) is 3.27. The molecule has 0 atom stereocenters. The standard InChI is InChI=1S/C18H21Cl2N7O/c19-14-5-3-4-13(15(14)20)12-21-25-16-22-17(26-6-1-2-7-26)24-18(23-16)27-8-10-28-11-9-27/h3-5,12H,1-2,6-11H2,(H,22,23,24,25)/b21-12-. The molecule has 2 fully saturated rings. The molecule has 2 aliphatic heterocycles. The van der Waals surface area contributed by atoms with Crippen LogP contribution in [0.3, 0.4) is 0 Å². The summed E-state index contributed by atoms with van der Waals surface area (Å²) in [5.41, 5.74) is 3.62. The van der Waals surface area contributed by atoms with Crippen molar-refractivity contribution < 1.29 is 4.74 Å². The van der Waals surface area contributed by atoms with Crippen LogP contribution in [0.5, 0.6) is 0 Å². The summed E-state index contributed by atoms with van der Waals surface area (Å²) in [6, 6.07) is 5.39. The van der Waals surface area contributed by atoms with Crippen LogP contribution in [-0.4, -0.2) is 60.6 Å². The van der Waals surface area contributed by atoms with E-state index in [4.69, 9.17) is 27.9 Å². The second-order valence-corrected chi connectivity index (χ2v) is 7.35. The molecule has 0 aliphatic carbocycles. The Balaban J connectivity index is 1.57. The van der Waals surface area contributed by atoms with Crippen molar-refractivity contribution in [1.29, 1.82) is 0 Å². The number of hydrazone groups is 1. The van der Waals surface area contributed by atoms with Gasteiger partial charge in [0.1, 0.15) is 0 Å². The van der Waals surface area contributed by atoms with Gasteiger partial charge in [-0.3, -0.25) is 0 Å². The zero-order chi connectivity index (χ0) is 19.3. The Morgan fingerprint density at radius 1 is 0.964 bits per heavy atom. The highest BCUT2D eigenvalue weighted by molar-refractivity contribution is 6.43. The largest absolute Gasteiger partial charge is 0.378 e. The quantitative estimate of drug-likeness (QED) is 0.586. The lowest BCUT2D eigenvalue weighted by molar-refractivity contribution is 0.122. The summed E-state index contributed by atoms with van der Waals surface area (Å²) in [5.74, 6) is 1.71. The monoisotopic (exact) mass is 421 g/mol. The first-order chi connectivity index (χ1) is 13.7. The van der Waals surface area contributed by atoms with Crippen LogP contribution >= 0.6 is 23.2 Å². The van der Waals surface area contributed by atoms with Crippen LogP contribution < -0.4 is 15.2 Å². The Labute approximate surface area is 173 Å². The summed E-state index contributed by atoms with van der Waals surface area (Å²) >= 11 is 12.2. The highest BCUT2D eigenvalue weighted by Crippen LogP contribution is 2.24. The number of rotatable bonds is 5. The molecule has 0 spiro atoms. The third-order valence-corrected chi connectivity index (χ3v) is 5.48. The number of ether oxygens (including phenoxy) is 1. The van der Waals surface area contributed by atoms with E-state index in [1.807, 2.05) is 12.1 Å². The van der Waals surface area contributed by atoms with Crippen molar-refractivity contribution in [2.75, 3.05) is 54.6 Å². The molecular formula is C18H21Cl2N7O. The predicted octanol–water partition coefficient (Wildman–Crippen LogP) is 3.06. The molecule has 8 nitrogen and oxygen atoms in total. The van der Waals surface area contributed by atoms with E-state index >= 15 is 0 Å². The first-order valence-electron chi connectivity index (χ1n) is 9.27. The summed E-state index contributed by atoms with van der Waals surface area (Å²) < 4.78 is 5.43. The molecule has 4 rings (SSSR count). The summed E-state index contributed by atoms with van der Waals surface area (Å²) in [7, 11) is 0. The van der Waals surface area contributed by atoms with Gasteiger partial charge in [-0.1, -0.05) is 35.3 Å². The van der Waals surface area contributed by atoms with Crippen molar-refractivity contribution >= 4 is 47.3 Å². The molecule has 2 aromatic rings.